The van der Waals surface area contributed by atoms with Crippen molar-refractivity contribution in [1.29, 1.82) is 0 Å². The lowest BCUT2D eigenvalue weighted by atomic mass is 9.80. The largest absolute Gasteiger partial charge is 0.292 e. The fourth-order valence-corrected chi connectivity index (χ4v) is 8.10. The minimum absolute atomic E-state index is 0.373. The molecule has 5 heterocycles. The summed E-state index contributed by atoms with van der Waals surface area (Å²) in [6, 6.07) is 24.8. The van der Waals surface area contributed by atoms with Crippen LogP contribution in [0.3, 0.4) is 0 Å². The van der Waals surface area contributed by atoms with Crippen molar-refractivity contribution < 1.29 is 0 Å². The van der Waals surface area contributed by atoms with Gasteiger partial charge in [0.05, 0.1) is 29.0 Å². The summed E-state index contributed by atoms with van der Waals surface area (Å²) in [6.45, 7) is 0. The Bertz CT molecular complexity index is 1670. The van der Waals surface area contributed by atoms with Crippen LogP contribution in [-0.2, 0) is 0 Å². The van der Waals surface area contributed by atoms with Crippen LogP contribution in [-0.4, -0.2) is 43.5 Å². The molecule has 0 radical (unpaired) electrons. The first-order valence-corrected chi connectivity index (χ1v) is 14.8. The fraction of sp³-hybridized carbons (Fsp3) is 0.364. The lowest BCUT2D eigenvalue weighted by Crippen LogP contribution is -2.49. The smallest absolute Gasteiger partial charge is 0.232 e. The molecule has 0 spiro atoms. The number of anilines is 1. The topological polar surface area (TPSA) is 49.6 Å². The van der Waals surface area contributed by atoms with E-state index in [1.54, 1.807) is 0 Å². The van der Waals surface area contributed by atoms with Gasteiger partial charge in [0.2, 0.25) is 11.9 Å². The summed E-state index contributed by atoms with van der Waals surface area (Å²) in [7, 11) is 0. The predicted molar refractivity (Wildman–Crippen MR) is 155 cm³/mol. The lowest BCUT2D eigenvalue weighted by Gasteiger charge is -2.40. The molecule has 0 saturated heterocycles. The van der Waals surface area contributed by atoms with Gasteiger partial charge in [-0.15, -0.1) is 0 Å². The van der Waals surface area contributed by atoms with Crippen LogP contribution in [0.5, 0.6) is 0 Å². The molecule has 39 heavy (non-hydrogen) atoms. The molecule has 9 rings (SSSR count). The number of para-hydroxylation sites is 1. The van der Waals surface area contributed by atoms with E-state index in [-0.39, 0.29) is 0 Å². The summed E-state index contributed by atoms with van der Waals surface area (Å²) in [6.07, 6.45) is 12.1. The SMILES string of the molecule is c1ccc(-c2nc(N3C4=C(c5cccn5C5=NC6CCCCC6N54)C4CCCCC43)nc3ccccc23)cc1. The molecule has 2 fully saturated rings. The molecule has 5 aliphatic rings. The van der Waals surface area contributed by atoms with Crippen molar-refractivity contribution in [3.8, 4) is 11.3 Å². The molecule has 0 amide bonds. The molecule has 4 unspecified atom stereocenters. The number of hydrogen-bond acceptors (Lipinski definition) is 5. The monoisotopic (exact) mass is 512 g/mol. The van der Waals surface area contributed by atoms with Gasteiger partial charge in [-0.3, -0.25) is 14.4 Å². The van der Waals surface area contributed by atoms with E-state index in [2.05, 4.69) is 87.3 Å². The highest BCUT2D eigenvalue weighted by atomic mass is 15.5. The number of rotatable bonds is 2. The normalized spacial score (nSPS) is 27.1. The third kappa shape index (κ3) is 3.06. The molecule has 2 aliphatic carbocycles. The summed E-state index contributed by atoms with van der Waals surface area (Å²) in [5.41, 5.74) is 5.98. The summed E-state index contributed by atoms with van der Waals surface area (Å²) in [4.78, 5) is 21.2. The molecule has 2 aromatic carbocycles. The van der Waals surface area contributed by atoms with Crippen LogP contribution >= 0.6 is 0 Å². The second-order valence-corrected chi connectivity index (χ2v) is 11.8. The van der Waals surface area contributed by atoms with E-state index in [1.165, 1.54) is 68.5 Å². The van der Waals surface area contributed by atoms with Gasteiger partial charge in [-0.1, -0.05) is 74.2 Å². The quantitative estimate of drug-likeness (QED) is 0.300. The number of benzene rings is 2. The number of aliphatic imine (C=N–C) groups is 1. The van der Waals surface area contributed by atoms with Gasteiger partial charge in [0, 0.05) is 34.7 Å². The second-order valence-electron chi connectivity index (χ2n) is 11.8. The molecule has 3 aliphatic heterocycles. The highest BCUT2D eigenvalue weighted by Gasteiger charge is 2.53. The maximum Gasteiger partial charge on any atom is 0.232 e. The van der Waals surface area contributed by atoms with Gasteiger partial charge in [-0.25, -0.2) is 15.0 Å². The van der Waals surface area contributed by atoms with E-state index in [4.69, 9.17) is 15.0 Å². The van der Waals surface area contributed by atoms with Crippen molar-refractivity contribution in [1.82, 2.24) is 19.4 Å². The maximum atomic E-state index is 5.40. The van der Waals surface area contributed by atoms with Crippen molar-refractivity contribution >= 4 is 28.4 Å². The van der Waals surface area contributed by atoms with Crippen molar-refractivity contribution in [3.05, 3.63) is 84.4 Å². The fourth-order valence-electron chi connectivity index (χ4n) is 8.10. The Morgan fingerprint density at radius 1 is 0.692 bits per heavy atom. The van der Waals surface area contributed by atoms with Crippen molar-refractivity contribution in [3.63, 3.8) is 0 Å². The average Bonchev–Trinajstić information content (AvgIpc) is 3.71. The van der Waals surface area contributed by atoms with Crippen LogP contribution in [0.1, 0.15) is 57.1 Å². The average molecular weight is 513 g/mol. The van der Waals surface area contributed by atoms with Crippen molar-refractivity contribution in [2.75, 3.05) is 4.90 Å². The van der Waals surface area contributed by atoms with E-state index < -0.39 is 0 Å². The first-order valence-electron chi connectivity index (χ1n) is 14.8. The zero-order chi connectivity index (χ0) is 25.5. The molecule has 0 bridgehead atoms. The van der Waals surface area contributed by atoms with Gasteiger partial charge in [0.1, 0.15) is 5.82 Å². The summed E-state index contributed by atoms with van der Waals surface area (Å²) in [5.74, 6) is 3.76. The van der Waals surface area contributed by atoms with Crippen LogP contribution < -0.4 is 4.90 Å². The molecule has 4 aromatic rings. The van der Waals surface area contributed by atoms with Gasteiger partial charge >= 0.3 is 0 Å². The Balaban J connectivity index is 1.30. The molecule has 6 heteroatoms. The molecule has 194 valence electrons. The van der Waals surface area contributed by atoms with E-state index in [9.17, 15) is 0 Å². The van der Waals surface area contributed by atoms with Crippen LogP contribution in [0.25, 0.3) is 27.7 Å². The van der Waals surface area contributed by atoms with E-state index in [1.807, 2.05) is 0 Å². The van der Waals surface area contributed by atoms with Gasteiger partial charge in [-0.05, 0) is 43.9 Å². The number of nitrogens with zero attached hydrogens (tertiary/aromatic N) is 6. The van der Waals surface area contributed by atoms with Crippen LogP contribution in [0, 0.1) is 5.92 Å². The standard InChI is InChI=1S/C33H32N6/c1-2-11-21(12-3-1)30-22-13-4-6-15-24(22)34-32(36-30)38-26-17-8-5-14-23(26)29-28-19-10-20-37(28)33-35-25-16-7-9-18-27(25)39(33)31(29)38/h1-4,6,10-13,15,19-20,23,25-27H,5,7-9,14,16-18H2. The first kappa shape index (κ1) is 21.9. The maximum absolute atomic E-state index is 5.40. The Kier molecular flexibility index (Phi) is 4.66. The number of hydrogen-bond donors (Lipinski definition) is 0. The van der Waals surface area contributed by atoms with E-state index in [0.29, 0.717) is 24.0 Å². The van der Waals surface area contributed by atoms with Crippen LogP contribution in [0.2, 0.25) is 0 Å². The molecule has 0 N–H and O–H groups in total. The number of aromatic nitrogens is 3. The Hall–Kier alpha value is -3.93. The minimum Gasteiger partial charge on any atom is -0.292 e. The molecule has 4 atom stereocenters. The molecule has 2 saturated carbocycles. The minimum atomic E-state index is 0.373. The van der Waals surface area contributed by atoms with Gasteiger partial charge < -0.3 is 0 Å². The molecular formula is C33H32N6. The summed E-state index contributed by atoms with van der Waals surface area (Å²) < 4.78 is 2.38. The van der Waals surface area contributed by atoms with E-state index >= 15 is 0 Å². The highest BCUT2D eigenvalue weighted by molar-refractivity contribution is 5.98. The van der Waals surface area contributed by atoms with Gasteiger partial charge in [0.15, 0.2) is 0 Å². The Labute approximate surface area is 228 Å². The predicted octanol–water partition coefficient (Wildman–Crippen LogP) is 6.69. The second kappa shape index (κ2) is 8.28. The van der Waals surface area contributed by atoms with E-state index in [0.717, 1.165) is 34.1 Å². The lowest BCUT2D eigenvalue weighted by molar-refractivity contribution is 0.271. The zero-order valence-corrected chi connectivity index (χ0v) is 22.1. The number of fused-ring (bicyclic) bond motifs is 10. The third-order valence-electron chi connectivity index (χ3n) is 9.75. The Morgan fingerprint density at radius 2 is 1.49 bits per heavy atom. The van der Waals surface area contributed by atoms with Crippen molar-refractivity contribution in [2.45, 2.75) is 69.5 Å². The Morgan fingerprint density at radius 3 is 2.41 bits per heavy atom. The summed E-state index contributed by atoms with van der Waals surface area (Å²) in [5, 5.41) is 1.11. The van der Waals surface area contributed by atoms with Crippen LogP contribution in [0.15, 0.2) is 83.7 Å². The van der Waals surface area contributed by atoms with Gasteiger partial charge in [-0.2, -0.15) is 0 Å². The highest BCUT2D eigenvalue weighted by Crippen LogP contribution is 2.53. The van der Waals surface area contributed by atoms with Crippen LogP contribution in [0.4, 0.5) is 5.95 Å². The third-order valence-corrected chi connectivity index (χ3v) is 9.75. The zero-order valence-electron chi connectivity index (χ0n) is 22.1. The summed E-state index contributed by atoms with van der Waals surface area (Å²) >= 11 is 0. The van der Waals surface area contributed by atoms with Gasteiger partial charge in [0.25, 0.3) is 0 Å². The molecular weight excluding hydrogens is 480 g/mol. The molecule has 6 nitrogen and oxygen atoms in total. The molecule has 2 aromatic heterocycles. The van der Waals surface area contributed by atoms with Crippen molar-refractivity contribution in [2.24, 2.45) is 10.9 Å². The first-order chi connectivity index (χ1) is 19.4.